The fraction of sp³-hybridized carbons (Fsp3) is 0.385. The molecule has 1 atom stereocenters. The van der Waals surface area contributed by atoms with E-state index in [1.54, 1.807) is 0 Å². The smallest absolute Gasteiger partial charge is 0.145 e. The van der Waals surface area contributed by atoms with E-state index in [-0.39, 0.29) is 5.41 Å². The number of piperidine rings is 1. The molecule has 0 bridgehead atoms. The van der Waals surface area contributed by atoms with E-state index < -0.39 is 0 Å². The Hall–Kier alpha value is -1.44. The summed E-state index contributed by atoms with van der Waals surface area (Å²) in [6, 6.07) is 5.92. The molecular weight excluding hydrogens is 236 g/mol. The highest BCUT2D eigenvalue weighted by molar-refractivity contribution is 6.30. The largest absolute Gasteiger partial charge is 0.384 e. The van der Waals surface area contributed by atoms with Gasteiger partial charge in [0.2, 0.25) is 0 Å². The van der Waals surface area contributed by atoms with Gasteiger partial charge in [0.05, 0.1) is 5.70 Å². The van der Waals surface area contributed by atoms with E-state index in [0.717, 1.165) is 36.6 Å². The minimum absolute atomic E-state index is 0.0121. The highest BCUT2D eigenvalue weighted by Crippen LogP contribution is 2.45. The van der Waals surface area contributed by atoms with Crippen molar-refractivity contribution >= 4 is 23.2 Å². The van der Waals surface area contributed by atoms with Gasteiger partial charge < -0.3 is 10.6 Å². The summed E-state index contributed by atoms with van der Waals surface area (Å²) in [6.07, 6.45) is 1.73. The molecule has 88 valence electrons. The first-order valence-corrected chi connectivity index (χ1v) is 6.13. The van der Waals surface area contributed by atoms with Crippen molar-refractivity contribution in [3.8, 4) is 0 Å². The third-order valence-electron chi connectivity index (χ3n) is 3.75. The molecule has 2 aliphatic heterocycles. The van der Waals surface area contributed by atoms with Crippen LogP contribution in [-0.2, 0) is 10.2 Å². The van der Waals surface area contributed by atoms with Gasteiger partial charge in [-0.15, -0.1) is 0 Å². The molecule has 0 aliphatic carbocycles. The number of allylic oxidation sites excluding steroid dienone is 1. The van der Waals surface area contributed by atoms with Crippen molar-refractivity contribution in [3.05, 3.63) is 34.5 Å². The maximum atomic E-state index is 10.8. The highest BCUT2D eigenvalue weighted by atomic mass is 35.5. The van der Waals surface area contributed by atoms with Gasteiger partial charge in [0.25, 0.3) is 0 Å². The summed E-state index contributed by atoms with van der Waals surface area (Å²) in [4.78, 5) is 10.8. The van der Waals surface area contributed by atoms with Crippen molar-refractivity contribution in [2.45, 2.75) is 18.3 Å². The van der Waals surface area contributed by atoms with Crippen molar-refractivity contribution in [1.82, 2.24) is 5.32 Å². The molecular formula is C13H13ClN2O. The number of halogens is 1. The molecule has 0 amide bonds. The van der Waals surface area contributed by atoms with Crippen molar-refractivity contribution < 1.29 is 4.79 Å². The molecule has 3 nitrogen and oxygen atoms in total. The number of carbonyl (C=O) groups excluding carboxylic acids is 1. The average Bonchev–Trinajstić information content (AvgIpc) is 2.68. The van der Waals surface area contributed by atoms with Gasteiger partial charge in [-0.25, -0.2) is 4.79 Å². The first kappa shape index (κ1) is 10.7. The Kier molecular flexibility index (Phi) is 2.39. The Bertz CT molecular complexity index is 518. The van der Waals surface area contributed by atoms with Gasteiger partial charge in [0.15, 0.2) is 0 Å². The summed E-state index contributed by atoms with van der Waals surface area (Å²) >= 11 is 6.07. The predicted octanol–water partition coefficient (Wildman–Crippen LogP) is 2.10. The molecule has 3 rings (SSSR count). The van der Waals surface area contributed by atoms with E-state index >= 15 is 0 Å². The Labute approximate surface area is 105 Å². The quantitative estimate of drug-likeness (QED) is 0.691. The highest BCUT2D eigenvalue weighted by Gasteiger charge is 2.41. The van der Waals surface area contributed by atoms with E-state index in [1.807, 2.05) is 24.1 Å². The molecule has 0 saturated carbocycles. The summed E-state index contributed by atoms with van der Waals surface area (Å²) in [5.41, 5.74) is 3.06. The summed E-state index contributed by atoms with van der Waals surface area (Å²) in [5, 5.41) is 7.25. The number of nitrogens with one attached hydrogen (secondary N) is 2. The summed E-state index contributed by atoms with van der Waals surface area (Å²) in [5.74, 6) is 2.00. The van der Waals surface area contributed by atoms with Gasteiger partial charge >= 0.3 is 0 Å². The lowest BCUT2D eigenvalue weighted by Crippen LogP contribution is -2.40. The number of hydrogen-bond acceptors (Lipinski definition) is 3. The molecule has 1 unspecified atom stereocenters. The zero-order valence-electron chi connectivity index (χ0n) is 9.35. The van der Waals surface area contributed by atoms with Crippen molar-refractivity contribution in [1.29, 1.82) is 0 Å². The van der Waals surface area contributed by atoms with E-state index in [1.165, 1.54) is 5.56 Å². The molecule has 0 aromatic heterocycles. The number of anilines is 1. The Morgan fingerprint density at radius 1 is 1.35 bits per heavy atom. The minimum atomic E-state index is 0.0121. The van der Waals surface area contributed by atoms with Crippen molar-refractivity contribution in [3.63, 3.8) is 0 Å². The maximum Gasteiger partial charge on any atom is 0.145 e. The van der Waals surface area contributed by atoms with Crippen LogP contribution < -0.4 is 10.6 Å². The molecule has 2 N–H and O–H groups in total. The van der Waals surface area contributed by atoms with Gasteiger partial charge in [-0.3, -0.25) is 0 Å². The second-order valence-electron chi connectivity index (χ2n) is 4.76. The lowest BCUT2D eigenvalue weighted by atomic mass is 9.74. The average molecular weight is 249 g/mol. The summed E-state index contributed by atoms with van der Waals surface area (Å²) in [7, 11) is 0. The second kappa shape index (κ2) is 3.80. The van der Waals surface area contributed by atoms with Crippen molar-refractivity contribution in [2.75, 3.05) is 18.4 Å². The lowest BCUT2D eigenvalue weighted by molar-refractivity contribution is 0.374. The normalized spacial score (nSPS) is 26.1. The Morgan fingerprint density at radius 3 is 3.06 bits per heavy atom. The predicted molar refractivity (Wildman–Crippen MR) is 68.1 cm³/mol. The number of rotatable bonds is 0. The molecule has 4 heteroatoms. The lowest BCUT2D eigenvalue weighted by Gasteiger charge is -2.34. The van der Waals surface area contributed by atoms with Crippen LogP contribution in [0.2, 0.25) is 5.02 Å². The molecule has 0 radical (unpaired) electrons. The summed E-state index contributed by atoms with van der Waals surface area (Å²) in [6.45, 7) is 1.69. The minimum Gasteiger partial charge on any atom is -0.384 e. The molecule has 17 heavy (non-hydrogen) atoms. The molecule has 1 saturated heterocycles. The SMILES string of the molecule is O=C=C1CC2(CCN1)CNc1ccc(Cl)cc12. The summed E-state index contributed by atoms with van der Waals surface area (Å²) < 4.78 is 0. The second-order valence-corrected chi connectivity index (χ2v) is 5.19. The molecule has 1 fully saturated rings. The number of hydrogen-bond donors (Lipinski definition) is 2. The van der Waals surface area contributed by atoms with Crippen LogP contribution in [0.15, 0.2) is 23.9 Å². The van der Waals surface area contributed by atoms with Crippen LogP contribution >= 0.6 is 11.6 Å². The van der Waals surface area contributed by atoms with Gasteiger partial charge in [0, 0.05) is 35.6 Å². The Balaban J connectivity index is 2.06. The molecule has 1 aromatic carbocycles. The van der Waals surface area contributed by atoms with E-state index in [0.29, 0.717) is 5.70 Å². The first-order valence-electron chi connectivity index (χ1n) is 5.75. The monoisotopic (exact) mass is 248 g/mol. The molecule has 2 aliphatic rings. The topological polar surface area (TPSA) is 41.1 Å². The fourth-order valence-electron chi connectivity index (χ4n) is 2.86. The standard InChI is InChI=1S/C13H13ClN2O/c14-9-1-2-12-11(5-9)13(8-16-12)3-4-15-10(6-13)7-17/h1-2,5,15-16H,3-4,6,8H2. The first-order chi connectivity index (χ1) is 8.23. The molecule has 1 spiro atoms. The van der Waals surface area contributed by atoms with Gasteiger partial charge in [-0.1, -0.05) is 11.6 Å². The Morgan fingerprint density at radius 2 is 2.24 bits per heavy atom. The van der Waals surface area contributed by atoms with Crippen LogP contribution in [0.5, 0.6) is 0 Å². The molecule has 2 heterocycles. The van der Waals surface area contributed by atoms with Crippen molar-refractivity contribution in [2.24, 2.45) is 0 Å². The van der Waals surface area contributed by atoms with Crippen LogP contribution in [0.1, 0.15) is 18.4 Å². The van der Waals surface area contributed by atoms with Crippen LogP contribution in [0, 0.1) is 0 Å². The zero-order chi connectivity index (χ0) is 11.9. The zero-order valence-corrected chi connectivity index (χ0v) is 10.1. The number of benzene rings is 1. The van der Waals surface area contributed by atoms with Gasteiger partial charge in [-0.05, 0) is 30.2 Å². The van der Waals surface area contributed by atoms with Gasteiger partial charge in [-0.2, -0.15) is 0 Å². The molecule has 1 aromatic rings. The van der Waals surface area contributed by atoms with E-state index in [2.05, 4.69) is 10.6 Å². The van der Waals surface area contributed by atoms with E-state index in [9.17, 15) is 4.79 Å². The maximum absolute atomic E-state index is 10.8. The van der Waals surface area contributed by atoms with E-state index in [4.69, 9.17) is 11.6 Å². The van der Waals surface area contributed by atoms with Gasteiger partial charge in [0.1, 0.15) is 5.94 Å². The van der Waals surface area contributed by atoms with Crippen LogP contribution in [0.4, 0.5) is 5.69 Å². The van der Waals surface area contributed by atoms with Crippen LogP contribution in [0.3, 0.4) is 0 Å². The third-order valence-corrected chi connectivity index (χ3v) is 3.99. The third kappa shape index (κ3) is 1.63. The fourth-order valence-corrected chi connectivity index (χ4v) is 3.04. The van der Waals surface area contributed by atoms with Crippen LogP contribution in [0.25, 0.3) is 0 Å². The van der Waals surface area contributed by atoms with Crippen LogP contribution in [-0.4, -0.2) is 19.0 Å². The number of fused-ring (bicyclic) bond motifs is 2.